The van der Waals surface area contributed by atoms with E-state index < -0.39 is 5.91 Å². The summed E-state index contributed by atoms with van der Waals surface area (Å²) in [6.45, 7) is 2.86. The quantitative estimate of drug-likeness (QED) is 0.340. The SMILES string of the molecule is C[C@H](NCc1cc(C(N)=O)nc2ccn(-c3cccc(C4(c5nncn5C)CC(CC#N)C4)c3)c12)C1CCC1. The van der Waals surface area contributed by atoms with Crippen LogP contribution in [0.3, 0.4) is 0 Å². The van der Waals surface area contributed by atoms with Crippen molar-refractivity contribution in [3.63, 3.8) is 0 Å². The number of pyridine rings is 1. The number of fused-ring (bicyclic) bond motifs is 1. The highest BCUT2D eigenvalue weighted by Gasteiger charge is 2.49. The van der Waals surface area contributed by atoms with Crippen molar-refractivity contribution in [3.8, 4) is 11.8 Å². The van der Waals surface area contributed by atoms with Gasteiger partial charge in [-0.2, -0.15) is 5.26 Å². The smallest absolute Gasteiger partial charge is 0.267 e. The lowest BCUT2D eigenvalue weighted by Gasteiger charge is -2.46. The predicted molar refractivity (Wildman–Crippen MR) is 148 cm³/mol. The van der Waals surface area contributed by atoms with Crippen molar-refractivity contribution in [2.45, 2.75) is 63.5 Å². The van der Waals surface area contributed by atoms with Gasteiger partial charge in [0.1, 0.15) is 17.8 Å². The zero-order chi connectivity index (χ0) is 27.1. The summed E-state index contributed by atoms with van der Waals surface area (Å²) in [6, 6.07) is 15.0. The van der Waals surface area contributed by atoms with Crippen molar-refractivity contribution in [1.82, 2.24) is 29.6 Å². The van der Waals surface area contributed by atoms with E-state index in [1.807, 2.05) is 29.9 Å². The van der Waals surface area contributed by atoms with Crippen molar-refractivity contribution in [3.05, 3.63) is 71.6 Å². The molecule has 4 aromatic rings. The van der Waals surface area contributed by atoms with Gasteiger partial charge >= 0.3 is 0 Å². The molecule has 2 aliphatic carbocycles. The molecular weight excluding hydrogens is 488 g/mol. The first-order valence-electron chi connectivity index (χ1n) is 13.8. The van der Waals surface area contributed by atoms with Crippen LogP contribution in [0.4, 0.5) is 0 Å². The lowest BCUT2D eigenvalue weighted by molar-refractivity contribution is 0.0996. The molecule has 0 aliphatic heterocycles. The number of carbonyl (C=O) groups is 1. The molecular formula is C30H34N8O. The molecule has 0 unspecified atom stereocenters. The molecule has 0 spiro atoms. The zero-order valence-corrected chi connectivity index (χ0v) is 22.5. The molecule has 3 aromatic heterocycles. The van der Waals surface area contributed by atoms with Crippen LogP contribution in [-0.4, -0.2) is 36.3 Å². The fraction of sp³-hybridized carbons (Fsp3) is 0.433. The van der Waals surface area contributed by atoms with E-state index >= 15 is 0 Å². The summed E-state index contributed by atoms with van der Waals surface area (Å²) in [6.07, 6.45) is 9.84. The highest BCUT2D eigenvalue weighted by molar-refractivity contribution is 5.94. The Kier molecular flexibility index (Phi) is 6.43. The van der Waals surface area contributed by atoms with E-state index in [1.54, 1.807) is 6.33 Å². The van der Waals surface area contributed by atoms with Crippen molar-refractivity contribution in [2.75, 3.05) is 0 Å². The minimum Gasteiger partial charge on any atom is -0.364 e. The number of hydrogen-bond donors (Lipinski definition) is 2. The highest BCUT2D eigenvalue weighted by atomic mass is 16.1. The summed E-state index contributed by atoms with van der Waals surface area (Å²) in [5.74, 6) is 1.44. The van der Waals surface area contributed by atoms with Crippen molar-refractivity contribution in [2.24, 2.45) is 24.6 Å². The lowest BCUT2D eigenvalue weighted by atomic mass is 9.57. The Balaban J connectivity index is 1.40. The average Bonchev–Trinajstić information content (AvgIpc) is 3.50. The fourth-order valence-corrected chi connectivity index (χ4v) is 6.50. The third-order valence-corrected chi connectivity index (χ3v) is 8.92. The first-order valence-corrected chi connectivity index (χ1v) is 13.8. The molecule has 2 aliphatic rings. The van der Waals surface area contributed by atoms with Crippen molar-refractivity contribution in [1.29, 1.82) is 5.26 Å². The second-order valence-electron chi connectivity index (χ2n) is 11.3. The maximum atomic E-state index is 12.1. The largest absolute Gasteiger partial charge is 0.364 e. The molecule has 3 N–H and O–H groups in total. The minimum atomic E-state index is -0.525. The Morgan fingerprint density at radius 1 is 1.28 bits per heavy atom. The van der Waals surface area contributed by atoms with Crippen LogP contribution in [0.1, 0.15) is 72.9 Å². The summed E-state index contributed by atoms with van der Waals surface area (Å²) in [5, 5.41) is 21.6. The number of nitriles is 1. The summed E-state index contributed by atoms with van der Waals surface area (Å²) < 4.78 is 4.14. The van der Waals surface area contributed by atoms with Crippen LogP contribution < -0.4 is 11.1 Å². The average molecular weight is 523 g/mol. The summed E-state index contributed by atoms with van der Waals surface area (Å²) in [7, 11) is 1.98. The molecule has 9 nitrogen and oxygen atoms in total. The fourth-order valence-electron chi connectivity index (χ4n) is 6.50. The van der Waals surface area contributed by atoms with E-state index in [4.69, 9.17) is 5.73 Å². The maximum Gasteiger partial charge on any atom is 0.267 e. The molecule has 1 atom stereocenters. The van der Waals surface area contributed by atoms with E-state index in [-0.39, 0.29) is 11.1 Å². The minimum absolute atomic E-state index is 0.279. The number of aromatic nitrogens is 5. The Hall–Kier alpha value is -4.03. The normalized spacial score (nSPS) is 21.7. The van der Waals surface area contributed by atoms with Crippen LogP contribution in [0.25, 0.3) is 16.7 Å². The third kappa shape index (κ3) is 4.39. The zero-order valence-electron chi connectivity index (χ0n) is 22.5. The molecule has 1 amide bonds. The molecule has 0 bridgehead atoms. The van der Waals surface area contributed by atoms with E-state index in [0.717, 1.165) is 46.5 Å². The monoisotopic (exact) mass is 522 g/mol. The van der Waals surface area contributed by atoms with E-state index in [0.29, 0.717) is 30.8 Å². The highest BCUT2D eigenvalue weighted by Crippen LogP contribution is 2.53. The summed E-state index contributed by atoms with van der Waals surface area (Å²) in [5.41, 5.74) is 10.5. The predicted octanol–water partition coefficient (Wildman–Crippen LogP) is 4.14. The van der Waals surface area contributed by atoms with Crippen LogP contribution in [0.5, 0.6) is 0 Å². The number of nitrogens with one attached hydrogen (secondary N) is 1. The van der Waals surface area contributed by atoms with Crippen LogP contribution >= 0.6 is 0 Å². The molecule has 1 aromatic carbocycles. The molecule has 2 fully saturated rings. The van der Waals surface area contributed by atoms with Gasteiger partial charge < -0.3 is 20.2 Å². The van der Waals surface area contributed by atoms with Gasteiger partial charge in [0, 0.05) is 37.9 Å². The molecule has 6 rings (SSSR count). The number of rotatable bonds is 9. The topological polar surface area (TPSA) is 127 Å². The van der Waals surface area contributed by atoms with Crippen LogP contribution in [-0.2, 0) is 19.0 Å². The standard InChI is InChI=1S/C30H34N8O/c1-19(21-5-3-6-21)33-17-22-13-26(28(32)39)35-25-10-12-38(27(22)25)24-8-4-7-23(14-24)30(15-20(16-30)9-11-31)29-36-34-18-37(29)2/h4,7-8,10,12-14,18-21,33H,3,5-6,9,15-17H2,1-2H3,(H2,32,39)/t19-,20?,30?/m0/s1. The number of hydrogen-bond acceptors (Lipinski definition) is 6. The van der Waals surface area contributed by atoms with Gasteiger partial charge in [-0.25, -0.2) is 4.98 Å². The van der Waals surface area contributed by atoms with E-state index in [9.17, 15) is 10.1 Å². The van der Waals surface area contributed by atoms with Gasteiger partial charge in [0.05, 0.1) is 22.5 Å². The lowest BCUT2D eigenvalue weighted by Crippen LogP contribution is -2.44. The van der Waals surface area contributed by atoms with E-state index in [1.165, 1.54) is 19.3 Å². The molecule has 3 heterocycles. The molecule has 0 radical (unpaired) electrons. The van der Waals surface area contributed by atoms with Gasteiger partial charge in [-0.1, -0.05) is 18.6 Å². The van der Waals surface area contributed by atoms with Gasteiger partial charge in [-0.3, -0.25) is 4.79 Å². The van der Waals surface area contributed by atoms with Crippen molar-refractivity contribution >= 4 is 16.9 Å². The number of carbonyl (C=O) groups excluding carboxylic acids is 1. The van der Waals surface area contributed by atoms with Gasteiger partial charge in [0.15, 0.2) is 0 Å². The first-order chi connectivity index (χ1) is 18.9. The maximum absolute atomic E-state index is 12.1. The van der Waals surface area contributed by atoms with Crippen LogP contribution in [0.2, 0.25) is 0 Å². The molecule has 200 valence electrons. The molecule has 2 saturated carbocycles. The van der Waals surface area contributed by atoms with Gasteiger partial charge in [0.2, 0.25) is 0 Å². The van der Waals surface area contributed by atoms with Crippen molar-refractivity contribution < 1.29 is 4.79 Å². The first kappa shape index (κ1) is 25.3. The van der Waals surface area contributed by atoms with Gasteiger partial charge in [-0.05, 0) is 79.8 Å². The number of aryl methyl sites for hydroxylation is 1. The Labute approximate surface area is 228 Å². The second kappa shape index (κ2) is 9.93. The van der Waals surface area contributed by atoms with Crippen LogP contribution in [0, 0.1) is 23.2 Å². The number of primary amides is 1. The Morgan fingerprint density at radius 2 is 2.10 bits per heavy atom. The molecule has 0 saturated heterocycles. The molecule has 9 heteroatoms. The van der Waals surface area contributed by atoms with Gasteiger partial charge in [-0.15, -0.1) is 10.2 Å². The van der Waals surface area contributed by atoms with Crippen LogP contribution in [0.15, 0.2) is 48.9 Å². The van der Waals surface area contributed by atoms with Gasteiger partial charge in [0.25, 0.3) is 5.91 Å². The third-order valence-electron chi connectivity index (χ3n) is 8.92. The Morgan fingerprint density at radius 3 is 2.77 bits per heavy atom. The summed E-state index contributed by atoms with van der Waals surface area (Å²) >= 11 is 0. The summed E-state index contributed by atoms with van der Waals surface area (Å²) in [4.78, 5) is 16.7. The number of nitrogens with two attached hydrogens (primary N) is 1. The van der Waals surface area contributed by atoms with E-state index in [2.05, 4.69) is 62.3 Å². The second-order valence-corrected chi connectivity index (χ2v) is 11.3. The molecule has 39 heavy (non-hydrogen) atoms. The number of benzene rings is 1. The number of amides is 1. The Bertz CT molecular complexity index is 1570. The number of nitrogens with zero attached hydrogens (tertiary/aromatic N) is 6.